The molecule has 5 fully saturated rings. The van der Waals surface area contributed by atoms with Crippen molar-refractivity contribution in [2.24, 2.45) is 23.2 Å². The minimum Gasteiger partial charge on any atom is -0.370 e. The number of nitrogens with zero attached hydrogens (tertiary/aromatic N) is 1. The molecule has 118 valence electrons. The van der Waals surface area contributed by atoms with Gasteiger partial charge < -0.3 is 15.0 Å². The van der Waals surface area contributed by atoms with Gasteiger partial charge in [0.05, 0.1) is 6.61 Å². The highest BCUT2D eigenvalue weighted by atomic mass is 16.5. The lowest BCUT2D eigenvalue weighted by molar-refractivity contribution is -0.145. The van der Waals surface area contributed by atoms with E-state index in [0.29, 0.717) is 18.1 Å². The van der Waals surface area contributed by atoms with Gasteiger partial charge in [0.2, 0.25) is 5.91 Å². The number of ether oxygens (including phenoxy) is 1. The summed E-state index contributed by atoms with van der Waals surface area (Å²) in [6, 6.07) is 0.466. The van der Waals surface area contributed by atoms with Gasteiger partial charge in [0.15, 0.2) is 0 Å². The minimum absolute atomic E-state index is 0.172. The Morgan fingerprint density at radius 2 is 1.86 bits per heavy atom. The van der Waals surface area contributed by atoms with Crippen LogP contribution in [0.4, 0.5) is 0 Å². The molecule has 0 radical (unpaired) electrons. The van der Waals surface area contributed by atoms with Crippen molar-refractivity contribution < 1.29 is 9.53 Å². The van der Waals surface area contributed by atoms with E-state index in [1.807, 2.05) is 4.90 Å². The Labute approximate surface area is 127 Å². The zero-order valence-corrected chi connectivity index (χ0v) is 13.1. The van der Waals surface area contributed by atoms with Gasteiger partial charge in [-0.15, -0.1) is 0 Å². The highest BCUT2D eigenvalue weighted by molar-refractivity contribution is 5.78. The number of nitrogens with one attached hydrogen (secondary N) is 1. The maximum Gasteiger partial charge on any atom is 0.248 e. The van der Waals surface area contributed by atoms with Crippen LogP contribution in [0.25, 0.3) is 0 Å². The standard InChI is InChI=1S/C17H28N2O2/c1-18-15(10-19-2-3-21-11-16(19)20)17-7-12-4-13(8-17)6-14(5-12)9-17/h12-15,18H,2-11H2,1H3. The van der Waals surface area contributed by atoms with E-state index in [0.717, 1.165) is 30.8 Å². The lowest BCUT2D eigenvalue weighted by Gasteiger charge is -2.60. The number of carbonyl (C=O) groups is 1. The fourth-order valence-electron chi connectivity index (χ4n) is 6.16. The summed E-state index contributed by atoms with van der Waals surface area (Å²) in [5.74, 6) is 3.07. The number of hydrogen-bond acceptors (Lipinski definition) is 3. The highest BCUT2D eigenvalue weighted by Gasteiger charge is 2.54. The molecule has 5 rings (SSSR count). The summed E-state index contributed by atoms with van der Waals surface area (Å²) in [7, 11) is 2.09. The lowest BCUT2D eigenvalue weighted by atomic mass is 9.47. The quantitative estimate of drug-likeness (QED) is 0.856. The summed E-state index contributed by atoms with van der Waals surface area (Å²) in [4.78, 5) is 14.1. The van der Waals surface area contributed by atoms with Gasteiger partial charge in [-0.3, -0.25) is 4.79 Å². The maximum absolute atomic E-state index is 12.0. The van der Waals surface area contributed by atoms with E-state index in [1.165, 1.54) is 38.5 Å². The van der Waals surface area contributed by atoms with Crippen LogP contribution in [-0.2, 0) is 9.53 Å². The molecule has 4 saturated carbocycles. The van der Waals surface area contributed by atoms with Crippen molar-refractivity contribution in [2.45, 2.75) is 44.6 Å². The first-order valence-corrected chi connectivity index (χ1v) is 8.71. The second-order valence-electron chi connectivity index (χ2n) is 8.01. The summed E-state index contributed by atoms with van der Waals surface area (Å²) in [5, 5.41) is 3.59. The minimum atomic E-state index is 0.172. The molecular formula is C17H28N2O2. The van der Waals surface area contributed by atoms with Crippen molar-refractivity contribution in [2.75, 3.05) is 33.4 Å². The van der Waals surface area contributed by atoms with E-state index in [9.17, 15) is 4.79 Å². The Morgan fingerprint density at radius 1 is 1.24 bits per heavy atom. The van der Waals surface area contributed by atoms with Gasteiger partial charge in [0.1, 0.15) is 6.61 Å². The number of hydrogen-bond donors (Lipinski definition) is 1. The molecule has 4 bridgehead atoms. The van der Waals surface area contributed by atoms with E-state index in [-0.39, 0.29) is 12.5 Å². The number of rotatable bonds is 4. The van der Waals surface area contributed by atoms with Gasteiger partial charge in [-0.05, 0) is 68.7 Å². The molecule has 1 aliphatic heterocycles. The van der Waals surface area contributed by atoms with Crippen LogP contribution in [0.3, 0.4) is 0 Å². The molecule has 1 heterocycles. The molecule has 1 atom stereocenters. The average Bonchev–Trinajstić information content (AvgIpc) is 2.44. The Balaban J connectivity index is 1.51. The van der Waals surface area contributed by atoms with E-state index >= 15 is 0 Å². The summed E-state index contributed by atoms with van der Waals surface area (Å²) in [5.41, 5.74) is 0.460. The van der Waals surface area contributed by atoms with Crippen LogP contribution >= 0.6 is 0 Å². The van der Waals surface area contributed by atoms with E-state index in [1.54, 1.807) is 0 Å². The fourth-order valence-corrected chi connectivity index (χ4v) is 6.16. The average molecular weight is 292 g/mol. The fraction of sp³-hybridized carbons (Fsp3) is 0.941. The summed E-state index contributed by atoms with van der Waals surface area (Å²) < 4.78 is 5.26. The van der Waals surface area contributed by atoms with Gasteiger partial charge in [-0.2, -0.15) is 0 Å². The second kappa shape index (κ2) is 5.24. The number of likely N-dealkylation sites (N-methyl/N-ethyl adjacent to an activating group) is 1. The second-order valence-corrected chi connectivity index (χ2v) is 8.01. The van der Waals surface area contributed by atoms with Crippen molar-refractivity contribution in [1.29, 1.82) is 0 Å². The first kappa shape index (κ1) is 14.0. The van der Waals surface area contributed by atoms with Crippen LogP contribution in [0, 0.1) is 23.2 Å². The molecule has 1 amide bonds. The number of carbonyl (C=O) groups excluding carboxylic acids is 1. The monoisotopic (exact) mass is 292 g/mol. The normalized spacial score (nSPS) is 43.4. The van der Waals surface area contributed by atoms with E-state index < -0.39 is 0 Å². The van der Waals surface area contributed by atoms with Gasteiger partial charge in [-0.25, -0.2) is 0 Å². The smallest absolute Gasteiger partial charge is 0.248 e. The molecule has 0 aromatic heterocycles. The summed E-state index contributed by atoms with van der Waals surface area (Å²) in [6.07, 6.45) is 8.61. The van der Waals surface area contributed by atoms with Crippen molar-refractivity contribution >= 4 is 5.91 Å². The van der Waals surface area contributed by atoms with Crippen LogP contribution < -0.4 is 5.32 Å². The Kier molecular flexibility index (Phi) is 3.49. The number of amides is 1. The van der Waals surface area contributed by atoms with Crippen LogP contribution in [0.1, 0.15) is 38.5 Å². The molecule has 0 spiro atoms. The topological polar surface area (TPSA) is 41.6 Å². The third kappa shape index (κ3) is 2.40. The van der Waals surface area contributed by atoms with Crippen LogP contribution in [0.5, 0.6) is 0 Å². The number of morpholine rings is 1. The SMILES string of the molecule is CNC(CN1CCOCC1=O)C12CC3CC(CC(C3)C1)C2. The molecule has 4 aliphatic carbocycles. The van der Waals surface area contributed by atoms with Crippen molar-refractivity contribution in [3.63, 3.8) is 0 Å². The summed E-state index contributed by atoms with van der Waals surface area (Å²) >= 11 is 0. The first-order valence-electron chi connectivity index (χ1n) is 8.71. The first-order chi connectivity index (χ1) is 10.2. The third-order valence-corrected chi connectivity index (χ3v) is 6.66. The highest BCUT2D eigenvalue weighted by Crippen LogP contribution is 2.61. The molecule has 5 aliphatic rings. The van der Waals surface area contributed by atoms with Crippen LogP contribution in [0.2, 0.25) is 0 Å². The van der Waals surface area contributed by atoms with Crippen LogP contribution in [0.15, 0.2) is 0 Å². The summed E-state index contributed by atoms with van der Waals surface area (Å²) in [6.45, 7) is 2.62. The van der Waals surface area contributed by atoms with Gasteiger partial charge in [0.25, 0.3) is 0 Å². The van der Waals surface area contributed by atoms with Crippen molar-refractivity contribution in [3.8, 4) is 0 Å². The maximum atomic E-state index is 12.0. The van der Waals surface area contributed by atoms with Gasteiger partial charge >= 0.3 is 0 Å². The van der Waals surface area contributed by atoms with Gasteiger partial charge in [-0.1, -0.05) is 0 Å². The molecule has 4 nitrogen and oxygen atoms in total. The molecule has 1 saturated heterocycles. The van der Waals surface area contributed by atoms with E-state index in [4.69, 9.17) is 4.74 Å². The predicted molar refractivity (Wildman–Crippen MR) is 80.9 cm³/mol. The zero-order chi connectivity index (χ0) is 14.4. The molecule has 1 unspecified atom stereocenters. The third-order valence-electron chi connectivity index (χ3n) is 6.66. The van der Waals surface area contributed by atoms with E-state index in [2.05, 4.69) is 12.4 Å². The molecule has 1 N–H and O–H groups in total. The molecule has 21 heavy (non-hydrogen) atoms. The predicted octanol–water partition coefficient (Wildman–Crippen LogP) is 1.65. The molecule has 4 heteroatoms. The largest absolute Gasteiger partial charge is 0.370 e. The lowest BCUT2D eigenvalue weighted by Crippen LogP contribution is -2.60. The van der Waals surface area contributed by atoms with Crippen LogP contribution in [-0.4, -0.2) is 50.2 Å². The molecular weight excluding hydrogens is 264 g/mol. The molecule has 0 aromatic carbocycles. The Morgan fingerprint density at radius 3 is 2.38 bits per heavy atom. The van der Waals surface area contributed by atoms with Crippen molar-refractivity contribution in [1.82, 2.24) is 10.2 Å². The van der Waals surface area contributed by atoms with Crippen molar-refractivity contribution in [3.05, 3.63) is 0 Å². The Bertz CT molecular complexity index is 388. The van der Waals surface area contributed by atoms with Gasteiger partial charge in [0, 0.05) is 19.1 Å². The zero-order valence-electron chi connectivity index (χ0n) is 13.1. The Hall–Kier alpha value is -0.610. The molecule has 0 aromatic rings.